The minimum Gasteiger partial charge on any atom is -0.480 e. The standard InChI is InChI=1S/C12H24N2O4/c1-12(2,3)18-11(17)14(4)8-6-5-7-9(13)10(15)16/h9H,5-8,13H2,1-4H3,(H,15,16). The number of rotatable bonds is 6. The molecule has 0 spiro atoms. The number of carboxylic acid groups (broad SMARTS) is 1. The molecule has 6 heteroatoms. The van der Waals surface area contributed by atoms with Crippen LogP contribution in [0.5, 0.6) is 0 Å². The van der Waals surface area contributed by atoms with Crippen molar-refractivity contribution < 1.29 is 19.4 Å². The van der Waals surface area contributed by atoms with Gasteiger partial charge in [0.1, 0.15) is 11.6 Å². The van der Waals surface area contributed by atoms with Gasteiger partial charge in [-0.15, -0.1) is 0 Å². The van der Waals surface area contributed by atoms with Crippen molar-refractivity contribution in [3.8, 4) is 0 Å². The summed E-state index contributed by atoms with van der Waals surface area (Å²) in [5, 5.41) is 8.60. The molecule has 0 aliphatic carbocycles. The van der Waals surface area contributed by atoms with Crippen LogP contribution in [-0.4, -0.2) is 47.3 Å². The molecule has 0 saturated carbocycles. The summed E-state index contributed by atoms with van der Waals surface area (Å²) in [4.78, 5) is 23.5. The summed E-state index contributed by atoms with van der Waals surface area (Å²) in [5.74, 6) is -0.990. The number of hydrogen-bond donors (Lipinski definition) is 2. The van der Waals surface area contributed by atoms with Crippen LogP contribution in [0, 0.1) is 0 Å². The number of ether oxygens (including phenoxy) is 1. The molecule has 1 amide bonds. The van der Waals surface area contributed by atoms with E-state index in [1.54, 1.807) is 7.05 Å². The van der Waals surface area contributed by atoms with Gasteiger partial charge in [0.15, 0.2) is 0 Å². The summed E-state index contributed by atoms with van der Waals surface area (Å²) in [6.45, 7) is 5.96. The molecule has 0 aliphatic rings. The number of amides is 1. The average molecular weight is 260 g/mol. The first kappa shape index (κ1) is 16.7. The highest BCUT2D eigenvalue weighted by atomic mass is 16.6. The highest BCUT2D eigenvalue weighted by Gasteiger charge is 2.19. The second kappa shape index (κ2) is 7.20. The fourth-order valence-electron chi connectivity index (χ4n) is 1.27. The van der Waals surface area contributed by atoms with Crippen LogP contribution in [0.3, 0.4) is 0 Å². The smallest absolute Gasteiger partial charge is 0.410 e. The Morgan fingerprint density at radius 1 is 1.33 bits per heavy atom. The van der Waals surface area contributed by atoms with E-state index in [4.69, 9.17) is 15.6 Å². The van der Waals surface area contributed by atoms with Crippen LogP contribution in [0.2, 0.25) is 0 Å². The van der Waals surface area contributed by atoms with Gasteiger partial charge in [-0.3, -0.25) is 4.79 Å². The number of carbonyl (C=O) groups excluding carboxylic acids is 1. The van der Waals surface area contributed by atoms with Crippen LogP contribution in [0.4, 0.5) is 4.79 Å². The number of nitrogens with two attached hydrogens (primary N) is 1. The first-order valence-corrected chi connectivity index (χ1v) is 6.06. The molecule has 0 aromatic rings. The Labute approximate surface area is 108 Å². The first-order valence-electron chi connectivity index (χ1n) is 6.06. The van der Waals surface area contributed by atoms with Crippen LogP contribution in [-0.2, 0) is 9.53 Å². The van der Waals surface area contributed by atoms with Gasteiger partial charge in [0.05, 0.1) is 0 Å². The lowest BCUT2D eigenvalue weighted by Gasteiger charge is -2.24. The van der Waals surface area contributed by atoms with Crippen LogP contribution < -0.4 is 5.73 Å². The van der Waals surface area contributed by atoms with Gasteiger partial charge in [0, 0.05) is 13.6 Å². The molecule has 106 valence electrons. The molecule has 0 aliphatic heterocycles. The molecule has 1 atom stereocenters. The number of aliphatic carboxylic acids is 1. The van der Waals surface area contributed by atoms with Crippen molar-refractivity contribution in [3.63, 3.8) is 0 Å². The number of carbonyl (C=O) groups is 2. The van der Waals surface area contributed by atoms with Crippen LogP contribution in [0.1, 0.15) is 40.0 Å². The van der Waals surface area contributed by atoms with E-state index < -0.39 is 17.6 Å². The Morgan fingerprint density at radius 3 is 2.33 bits per heavy atom. The van der Waals surface area contributed by atoms with E-state index in [2.05, 4.69) is 0 Å². The fraction of sp³-hybridized carbons (Fsp3) is 0.833. The molecule has 0 saturated heterocycles. The topological polar surface area (TPSA) is 92.9 Å². The third-order valence-electron chi connectivity index (χ3n) is 2.28. The normalized spacial score (nSPS) is 12.9. The largest absolute Gasteiger partial charge is 0.480 e. The third kappa shape index (κ3) is 7.89. The molecular formula is C12H24N2O4. The van der Waals surface area contributed by atoms with Crippen LogP contribution in [0.25, 0.3) is 0 Å². The zero-order valence-corrected chi connectivity index (χ0v) is 11.6. The molecular weight excluding hydrogens is 236 g/mol. The van der Waals surface area contributed by atoms with Crippen molar-refractivity contribution in [2.24, 2.45) is 5.73 Å². The molecule has 3 N–H and O–H groups in total. The molecule has 0 fully saturated rings. The molecule has 6 nitrogen and oxygen atoms in total. The lowest BCUT2D eigenvalue weighted by Crippen LogP contribution is -2.35. The summed E-state index contributed by atoms with van der Waals surface area (Å²) < 4.78 is 5.18. The Balaban J connectivity index is 3.80. The number of hydrogen-bond acceptors (Lipinski definition) is 4. The predicted molar refractivity (Wildman–Crippen MR) is 68.3 cm³/mol. The first-order chi connectivity index (χ1) is 8.13. The second-order valence-corrected chi connectivity index (χ2v) is 5.34. The maximum absolute atomic E-state index is 11.6. The van der Waals surface area contributed by atoms with E-state index >= 15 is 0 Å². The van der Waals surface area contributed by atoms with Gasteiger partial charge >= 0.3 is 12.1 Å². The lowest BCUT2D eigenvalue weighted by molar-refractivity contribution is -0.138. The minimum atomic E-state index is -0.990. The molecule has 0 bridgehead atoms. The van der Waals surface area contributed by atoms with E-state index in [0.717, 1.165) is 0 Å². The van der Waals surface area contributed by atoms with E-state index in [-0.39, 0.29) is 6.09 Å². The van der Waals surface area contributed by atoms with Gasteiger partial charge in [0.2, 0.25) is 0 Å². The van der Waals surface area contributed by atoms with Gasteiger partial charge in [-0.05, 0) is 40.0 Å². The van der Waals surface area contributed by atoms with Crippen molar-refractivity contribution >= 4 is 12.1 Å². The number of unbranched alkanes of at least 4 members (excludes halogenated alkanes) is 1. The molecule has 18 heavy (non-hydrogen) atoms. The third-order valence-corrected chi connectivity index (χ3v) is 2.28. The van der Waals surface area contributed by atoms with Crippen LogP contribution >= 0.6 is 0 Å². The summed E-state index contributed by atoms with van der Waals surface area (Å²) in [6, 6.07) is -0.822. The number of carboxylic acids is 1. The number of nitrogens with zero attached hydrogens (tertiary/aromatic N) is 1. The van der Waals surface area contributed by atoms with E-state index in [9.17, 15) is 9.59 Å². The molecule has 0 aromatic carbocycles. The molecule has 0 rings (SSSR count). The highest BCUT2D eigenvalue weighted by molar-refractivity contribution is 5.72. The van der Waals surface area contributed by atoms with Crippen molar-refractivity contribution in [1.29, 1.82) is 0 Å². The van der Waals surface area contributed by atoms with E-state index in [1.165, 1.54) is 4.90 Å². The monoisotopic (exact) mass is 260 g/mol. The summed E-state index contributed by atoms with van der Waals surface area (Å²) in [5.41, 5.74) is 4.87. The van der Waals surface area contributed by atoms with Gasteiger partial charge in [-0.2, -0.15) is 0 Å². The molecule has 1 unspecified atom stereocenters. The maximum atomic E-state index is 11.6. The quantitative estimate of drug-likeness (QED) is 0.705. The summed E-state index contributed by atoms with van der Waals surface area (Å²) in [7, 11) is 1.66. The second-order valence-electron chi connectivity index (χ2n) is 5.34. The Bertz CT molecular complexity index is 286. The van der Waals surface area contributed by atoms with Gasteiger partial charge < -0.3 is 20.5 Å². The predicted octanol–water partition coefficient (Wildman–Crippen LogP) is 1.44. The van der Waals surface area contributed by atoms with Gasteiger partial charge in [0.25, 0.3) is 0 Å². The Hall–Kier alpha value is -1.30. The molecule has 0 heterocycles. The van der Waals surface area contributed by atoms with Gasteiger partial charge in [-0.25, -0.2) is 4.79 Å². The van der Waals surface area contributed by atoms with E-state index in [0.29, 0.717) is 25.8 Å². The summed E-state index contributed by atoms with van der Waals surface area (Å²) >= 11 is 0. The van der Waals surface area contributed by atoms with E-state index in [1.807, 2.05) is 20.8 Å². The Kier molecular flexibility index (Phi) is 6.68. The molecule has 0 aromatic heterocycles. The minimum absolute atomic E-state index is 0.370. The zero-order chi connectivity index (χ0) is 14.3. The fourth-order valence-corrected chi connectivity index (χ4v) is 1.27. The van der Waals surface area contributed by atoms with Crippen molar-refractivity contribution in [3.05, 3.63) is 0 Å². The average Bonchev–Trinajstić information content (AvgIpc) is 2.20. The van der Waals surface area contributed by atoms with Crippen molar-refractivity contribution in [1.82, 2.24) is 4.90 Å². The van der Waals surface area contributed by atoms with Crippen molar-refractivity contribution in [2.45, 2.75) is 51.7 Å². The maximum Gasteiger partial charge on any atom is 0.410 e. The van der Waals surface area contributed by atoms with Crippen LogP contribution in [0.15, 0.2) is 0 Å². The zero-order valence-electron chi connectivity index (χ0n) is 11.6. The van der Waals surface area contributed by atoms with Gasteiger partial charge in [-0.1, -0.05) is 0 Å². The lowest BCUT2D eigenvalue weighted by atomic mass is 10.1. The Morgan fingerprint density at radius 2 is 1.89 bits per heavy atom. The summed E-state index contributed by atoms with van der Waals surface area (Å²) in [6.07, 6.45) is 1.42. The highest BCUT2D eigenvalue weighted by Crippen LogP contribution is 2.09. The molecule has 0 radical (unpaired) electrons. The van der Waals surface area contributed by atoms with Crippen molar-refractivity contribution in [2.75, 3.05) is 13.6 Å². The SMILES string of the molecule is CN(CCCCC(N)C(=O)O)C(=O)OC(C)(C)C.